The van der Waals surface area contributed by atoms with Crippen molar-refractivity contribution in [2.45, 2.75) is 19.3 Å². The lowest BCUT2D eigenvalue weighted by Gasteiger charge is -2.38. The summed E-state index contributed by atoms with van der Waals surface area (Å²) in [7, 11) is 0. The first-order valence-electron chi connectivity index (χ1n) is 11.3. The number of likely N-dealkylation sites (tertiary alicyclic amines) is 1. The van der Waals surface area contributed by atoms with Crippen LogP contribution in [0.3, 0.4) is 0 Å². The summed E-state index contributed by atoms with van der Waals surface area (Å²) in [6.07, 6.45) is 5.09. The van der Waals surface area contributed by atoms with Crippen molar-refractivity contribution in [1.82, 2.24) is 24.7 Å². The van der Waals surface area contributed by atoms with E-state index in [1.54, 1.807) is 6.20 Å². The third-order valence-corrected chi connectivity index (χ3v) is 6.34. The Bertz CT molecular complexity index is 1120. The number of aromatic nitrogens is 2. The van der Waals surface area contributed by atoms with Crippen LogP contribution in [0, 0.1) is 0 Å². The Morgan fingerprint density at radius 2 is 1.41 bits per heavy atom. The van der Waals surface area contributed by atoms with Gasteiger partial charge >= 0.3 is 6.03 Å². The third-order valence-electron chi connectivity index (χ3n) is 6.34. The molecule has 7 nitrogen and oxygen atoms in total. The average molecular weight is 430 g/mol. The Kier molecular flexibility index (Phi) is 5.71. The number of para-hydroxylation sites is 1. The maximum atomic E-state index is 13.5. The van der Waals surface area contributed by atoms with Crippen LogP contribution in [0.4, 0.5) is 4.79 Å². The number of hydrogen-bond donors (Lipinski definition) is 0. The maximum Gasteiger partial charge on any atom is 0.320 e. The molecule has 164 valence electrons. The number of urea groups is 1. The lowest BCUT2D eigenvalue weighted by Crippen LogP contribution is -2.54. The zero-order valence-corrected chi connectivity index (χ0v) is 18.1. The second-order valence-electron chi connectivity index (χ2n) is 8.40. The molecule has 32 heavy (non-hydrogen) atoms. The van der Waals surface area contributed by atoms with E-state index in [1.165, 1.54) is 6.42 Å². The Morgan fingerprint density at radius 1 is 0.719 bits per heavy atom. The molecule has 4 heterocycles. The van der Waals surface area contributed by atoms with Crippen LogP contribution in [0.1, 0.15) is 29.6 Å². The molecule has 0 bridgehead atoms. The fourth-order valence-corrected chi connectivity index (χ4v) is 4.55. The van der Waals surface area contributed by atoms with Gasteiger partial charge in [0.15, 0.2) is 0 Å². The first-order chi connectivity index (χ1) is 15.7. The zero-order chi connectivity index (χ0) is 21.9. The number of rotatable bonds is 2. The number of amides is 3. The van der Waals surface area contributed by atoms with E-state index in [9.17, 15) is 9.59 Å². The number of carbonyl (C=O) groups excluding carboxylic acids is 2. The molecule has 5 rings (SSSR count). The van der Waals surface area contributed by atoms with Gasteiger partial charge in [-0.25, -0.2) is 9.78 Å². The molecule has 7 heteroatoms. The van der Waals surface area contributed by atoms with Crippen LogP contribution < -0.4 is 0 Å². The van der Waals surface area contributed by atoms with E-state index in [2.05, 4.69) is 4.98 Å². The van der Waals surface area contributed by atoms with Crippen molar-refractivity contribution in [2.75, 3.05) is 39.3 Å². The lowest BCUT2D eigenvalue weighted by molar-refractivity contribution is 0.0635. The van der Waals surface area contributed by atoms with Gasteiger partial charge in [0, 0.05) is 50.9 Å². The fraction of sp³-hybridized carbons (Fsp3) is 0.360. The number of hydrogen-bond acceptors (Lipinski definition) is 4. The minimum absolute atomic E-state index is 0.0224. The minimum atomic E-state index is -0.0224. The number of carbonyl (C=O) groups is 2. The Morgan fingerprint density at radius 3 is 2.16 bits per heavy atom. The summed E-state index contributed by atoms with van der Waals surface area (Å²) in [6.45, 7) is 3.89. The molecule has 0 unspecified atom stereocenters. The van der Waals surface area contributed by atoms with E-state index in [0.29, 0.717) is 37.4 Å². The van der Waals surface area contributed by atoms with Gasteiger partial charge in [0.25, 0.3) is 5.91 Å². The van der Waals surface area contributed by atoms with Crippen LogP contribution in [0.25, 0.3) is 22.3 Å². The van der Waals surface area contributed by atoms with Gasteiger partial charge in [-0.1, -0.05) is 24.3 Å². The smallest absolute Gasteiger partial charge is 0.320 e. The molecule has 0 saturated carbocycles. The van der Waals surface area contributed by atoms with Gasteiger partial charge in [-0.3, -0.25) is 9.78 Å². The van der Waals surface area contributed by atoms with Gasteiger partial charge in [0.1, 0.15) is 0 Å². The second-order valence-corrected chi connectivity index (χ2v) is 8.40. The first kappa shape index (κ1) is 20.4. The highest BCUT2D eigenvalue weighted by Gasteiger charge is 2.29. The van der Waals surface area contributed by atoms with Gasteiger partial charge < -0.3 is 14.7 Å². The summed E-state index contributed by atoms with van der Waals surface area (Å²) in [5.74, 6) is -0.0224. The van der Waals surface area contributed by atoms with Crippen molar-refractivity contribution in [3.8, 4) is 11.4 Å². The lowest BCUT2D eigenvalue weighted by atomic mass is 10.0. The summed E-state index contributed by atoms with van der Waals surface area (Å²) in [5, 5.41) is 0.837. The molecule has 2 saturated heterocycles. The largest absolute Gasteiger partial charge is 0.335 e. The highest BCUT2D eigenvalue weighted by Crippen LogP contribution is 2.25. The van der Waals surface area contributed by atoms with Gasteiger partial charge in [-0.15, -0.1) is 0 Å². The van der Waals surface area contributed by atoms with Crippen LogP contribution in [-0.2, 0) is 0 Å². The summed E-state index contributed by atoms with van der Waals surface area (Å²) >= 11 is 0. The van der Waals surface area contributed by atoms with Gasteiger partial charge in [-0.05, 0) is 43.5 Å². The van der Waals surface area contributed by atoms with Gasteiger partial charge in [0.05, 0.1) is 22.5 Å². The Labute approximate surface area is 187 Å². The van der Waals surface area contributed by atoms with Crippen LogP contribution >= 0.6 is 0 Å². The number of nitrogens with zero attached hydrogens (tertiary/aromatic N) is 5. The van der Waals surface area contributed by atoms with E-state index in [0.717, 1.165) is 42.5 Å². The fourth-order valence-electron chi connectivity index (χ4n) is 4.55. The molecular formula is C25H27N5O2. The Balaban J connectivity index is 1.36. The predicted molar refractivity (Wildman–Crippen MR) is 123 cm³/mol. The van der Waals surface area contributed by atoms with Crippen molar-refractivity contribution in [3.63, 3.8) is 0 Å². The number of piperazine rings is 1. The van der Waals surface area contributed by atoms with Crippen LogP contribution in [0.5, 0.6) is 0 Å². The van der Waals surface area contributed by atoms with E-state index < -0.39 is 0 Å². The van der Waals surface area contributed by atoms with Crippen molar-refractivity contribution >= 4 is 22.8 Å². The highest BCUT2D eigenvalue weighted by molar-refractivity contribution is 6.07. The number of benzene rings is 1. The first-order valence-corrected chi connectivity index (χ1v) is 11.3. The molecule has 1 aromatic carbocycles. The molecule has 3 amide bonds. The molecule has 2 aliphatic heterocycles. The molecule has 2 aliphatic rings. The molecule has 0 N–H and O–H groups in total. The highest BCUT2D eigenvalue weighted by atomic mass is 16.2. The Hall–Kier alpha value is -3.48. The molecule has 2 fully saturated rings. The molecule has 0 spiro atoms. The van der Waals surface area contributed by atoms with Gasteiger partial charge in [-0.2, -0.15) is 0 Å². The van der Waals surface area contributed by atoms with E-state index in [1.807, 2.05) is 63.2 Å². The third kappa shape index (κ3) is 4.02. The quantitative estimate of drug-likeness (QED) is 0.623. The summed E-state index contributed by atoms with van der Waals surface area (Å²) in [4.78, 5) is 41.2. The molecule has 0 atom stereocenters. The van der Waals surface area contributed by atoms with Crippen molar-refractivity contribution in [3.05, 3.63) is 60.3 Å². The standard InChI is InChI=1S/C25H27N5O2/c31-24(28-14-16-30(17-15-28)25(32)29-12-6-1-7-13-29)20-18-23(22-10-4-5-11-26-22)27-21-9-3-2-8-19(20)21/h2-5,8-11,18H,1,6-7,12-17H2. The summed E-state index contributed by atoms with van der Waals surface area (Å²) in [5.41, 5.74) is 2.83. The monoisotopic (exact) mass is 429 g/mol. The topological polar surface area (TPSA) is 69.6 Å². The summed E-state index contributed by atoms with van der Waals surface area (Å²) < 4.78 is 0. The van der Waals surface area contributed by atoms with Crippen LogP contribution in [-0.4, -0.2) is 75.9 Å². The van der Waals surface area contributed by atoms with E-state index >= 15 is 0 Å². The average Bonchev–Trinajstić information content (AvgIpc) is 2.88. The number of piperidine rings is 1. The zero-order valence-electron chi connectivity index (χ0n) is 18.1. The number of pyridine rings is 2. The molecule has 0 radical (unpaired) electrons. The van der Waals surface area contributed by atoms with Crippen molar-refractivity contribution in [2.24, 2.45) is 0 Å². The molecule has 3 aromatic rings. The molecular weight excluding hydrogens is 402 g/mol. The van der Waals surface area contributed by atoms with Crippen molar-refractivity contribution in [1.29, 1.82) is 0 Å². The summed E-state index contributed by atoms with van der Waals surface area (Å²) in [6, 6.07) is 15.4. The SMILES string of the molecule is O=C(c1cc(-c2ccccn2)nc2ccccc12)N1CCN(C(=O)N2CCCCC2)CC1. The van der Waals surface area contributed by atoms with Gasteiger partial charge in [0.2, 0.25) is 0 Å². The normalized spacial score (nSPS) is 16.9. The number of fused-ring (bicyclic) bond motifs is 1. The molecule has 2 aromatic heterocycles. The van der Waals surface area contributed by atoms with E-state index in [4.69, 9.17) is 4.98 Å². The minimum Gasteiger partial charge on any atom is -0.335 e. The van der Waals surface area contributed by atoms with Crippen LogP contribution in [0.15, 0.2) is 54.7 Å². The van der Waals surface area contributed by atoms with Crippen LogP contribution in [0.2, 0.25) is 0 Å². The second kappa shape index (κ2) is 8.94. The predicted octanol–water partition coefficient (Wildman–Crippen LogP) is 3.66. The molecule has 0 aliphatic carbocycles. The maximum absolute atomic E-state index is 13.5. The van der Waals surface area contributed by atoms with E-state index in [-0.39, 0.29) is 11.9 Å². The van der Waals surface area contributed by atoms with Crippen molar-refractivity contribution < 1.29 is 9.59 Å².